The second kappa shape index (κ2) is 7.07. The molecular weight excluding hydrogens is 254 g/mol. The molecule has 2 amide bonds. The summed E-state index contributed by atoms with van der Waals surface area (Å²) in [5, 5.41) is 2.84. The van der Waals surface area contributed by atoms with Crippen LogP contribution in [0.4, 0.5) is 0 Å². The van der Waals surface area contributed by atoms with Gasteiger partial charge in [-0.05, 0) is 25.7 Å². The zero-order valence-electron chi connectivity index (χ0n) is 12.3. The number of likely N-dealkylation sites (tertiary alicyclic amines) is 1. The number of carbonyl (C=O) groups is 2. The Bertz CT molecular complexity index is 343. The summed E-state index contributed by atoms with van der Waals surface area (Å²) in [5.74, 6) is 0.0726. The van der Waals surface area contributed by atoms with Gasteiger partial charge in [-0.15, -0.1) is 0 Å². The van der Waals surface area contributed by atoms with Gasteiger partial charge in [-0.2, -0.15) is 0 Å². The zero-order valence-corrected chi connectivity index (χ0v) is 12.3. The lowest BCUT2D eigenvalue weighted by molar-refractivity contribution is -0.131. The third-order valence-corrected chi connectivity index (χ3v) is 4.53. The maximum absolute atomic E-state index is 12.1. The molecule has 114 valence electrons. The SMILES string of the molecule is NC1(C(=O)NCCC(=O)N2CCCCCC2)CCCC1. The summed E-state index contributed by atoms with van der Waals surface area (Å²) in [5.41, 5.74) is 5.39. The second-order valence-corrected chi connectivity index (χ2v) is 6.16. The van der Waals surface area contributed by atoms with E-state index in [-0.39, 0.29) is 11.8 Å². The quantitative estimate of drug-likeness (QED) is 0.812. The first-order chi connectivity index (χ1) is 9.62. The Labute approximate surface area is 121 Å². The molecule has 0 bridgehead atoms. The Morgan fingerprint density at radius 3 is 2.20 bits per heavy atom. The fourth-order valence-corrected chi connectivity index (χ4v) is 3.17. The second-order valence-electron chi connectivity index (χ2n) is 6.16. The lowest BCUT2D eigenvalue weighted by Crippen LogP contribution is -2.52. The Hall–Kier alpha value is -1.10. The summed E-state index contributed by atoms with van der Waals surface area (Å²) in [6.07, 6.45) is 8.60. The average Bonchev–Trinajstić information content (AvgIpc) is 2.73. The van der Waals surface area contributed by atoms with E-state index in [4.69, 9.17) is 5.73 Å². The highest BCUT2D eigenvalue weighted by Crippen LogP contribution is 2.27. The fourth-order valence-electron chi connectivity index (χ4n) is 3.17. The van der Waals surface area contributed by atoms with Crippen LogP contribution >= 0.6 is 0 Å². The van der Waals surface area contributed by atoms with Gasteiger partial charge in [0.25, 0.3) is 0 Å². The van der Waals surface area contributed by atoms with Gasteiger partial charge in [0.05, 0.1) is 5.54 Å². The molecule has 1 aliphatic heterocycles. The molecule has 2 rings (SSSR count). The number of hydrogen-bond acceptors (Lipinski definition) is 3. The van der Waals surface area contributed by atoms with Crippen LogP contribution in [0.15, 0.2) is 0 Å². The molecule has 0 unspecified atom stereocenters. The smallest absolute Gasteiger partial charge is 0.240 e. The Morgan fingerprint density at radius 2 is 1.60 bits per heavy atom. The van der Waals surface area contributed by atoms with E-state index < -0.39 is 5.54 Å². The highest BCUT2D eigenvalue weighted by Gasteiger charge is 2.36. The minimum Gasteiger partial charge on any atom is -0.354 e. The molecule has 0 aromatic carbocycles. The van der Waals surface area contributed by atoms with Crippen LogP contribution < -0.4 is 11.1 Å². The molecule has 0 atom stereocenters. The van der Waals surface area contributed by atoms with E-state index in [9.17, 15) is 9.59 Å². The van der Waals surface area contributed by atoms with Crippen LogP contribution in [0.25, 0.3) is 0 Å². The molecule has 0 aromatic rings. The first-order valence-electron chi connectivity index (χ1n) is 7.97. The van der Waals surface area contributed by atoms with Gasteiger partial charge in [-0.25, -0.2) is 0 Å². The molecule has 2 fully saturated rings. The van der Waals surface area contributed by atoms with E-state index in [0.717, 1.165) is 51.6 Å². The van der Waals surface area contributed by atoms with Gasteiger partial charge in [0.15, 0.2) is 0 Å². The summed E-state index contributed by atoms with van der Waals surface area (Å²) in [4.78, 5) is 26.0. The highest BCUT2D eigenvalue weighted by molar-refractivity contribution is 5.86. The molecule has 3 N–H and O–H groups in total. The largest absolute Gasteiger partial charge is 0.354 e. The van der Waals surface area contributed by atoms with Crippen molar-refractivity contribution in [2.45, 2.75) is 63.3 Å². The molecule has 1 heterocycles. The van der Waals surface area contributed by atoms with Crippen LogP contribution in [-0.4, -0.2) is 41.9 Å². The van der Waals surface area contributed by atoms with Crippen LogP contribution in [0.1, 0.15) is 57.8 Å². The normalized spacial score (nSPS) is 22.4. The number of carbonyl (C=O) groups excluding carboxylic acids is 2. The summed E-state index contributed by atoms with van der Waals surface area (Å²) in [7, 11) is 0. The van der Waals surface area contributed by atoms with Crippen LogP contribution in [0.5, 0.6) is 0 Å². The van der Waals surface area contributed by atoms with Gasteiger partial charge in [-0.1, -0.05) is 25.7 Å². The summed E-state index contributed by atoms with van der Waals surface area (Å²) in [6.45, 7) is 2.15. The topological polar surface area (TPSA) is 75.4 Å². The number of amides is 2. The van der Waals surface area contributed by atoms with Gasteiger partial charge < -0.3 is 16.0 Å². The molecule has 5 heteroatoms. The molecule has 1 saturated carbocycles. The molecule has 0 radical (unpaired) electrons. The van der Waals surface area contributed by atoms with E-state index in [0.29, 0.717) is 13.0 Å². The lowest BCUT2D eigenvalue weighted by Gasteiger charge is -2.23. The van der Waals surface area contributed by atoms with Gasteiger partial charge in [-0.3, -0.25) is 9.59 Å². The Balaban J connectivity index is 1.69. The summed E-state index contributed by atoms with van der Waals surface area (Å²) in [6, 6.07) is 0. The van der Waals surface area contributed by atoms with Gasteiger partial charge in [0.1, 0.15) is 0 Å². The maximum Gasteiger partial charge on any atom is 0.240 e. The lowest BCUT2D eigenvalue weighted by atomic mass is 9.98. The van der Waals surface area contributed by atoms with Crippen molar-refractivity contribution in [3.63, 3.8) is 0 Å². The van der Waals surface area contributed by atoms with Crippen molar-refractivity contribution < 1.29 is 9.59 Å². The van der Waals surface area contributed by atoms with Gasteiger partial charge >= 0.3 is 0 Å². The van der Waals surface area contributed by atoms with Gasteiger partial charge in [0, 0.05) is 26.1 Å². The summed E-state index contributed by atoms with van der Waals surface area (Å²) < 4.78 is 0. The van der Waals surface area contributed by atoms with Crippen LogP contribution in [0.3, 0.4) is 0 Å². The number of hydrogen-bond donors (Lipinski definition) is 2. The highest BCUT2D eigenvalue weighted by atomic mass is 16.2. The van der Waals surface area contributed by atoms with Crippen molar-refractivity contribution >= 4 is 11.8 Å². The third kappa shape index (κ3) is 3.95. The zero-order chi connectivity index (χ0) is 14.4. The molecule has 1 aliphatic carbocycles. The van der Waals surface area contributed by atoms with Gasteiger partial charge in [0.2, 0.25) is 11.8 Å². The summed E-state index contributed by atoms with van der Waals surface area (Å²) >= 11 is 0. The van der Waals surface area contributed by atoms with Crippen molar-refractivity contribution in [3.05, 3.63) is 0 Å². The van der Waals surface area contributed by atoms with E-state index in [1.165, 1.54) is 12.8 Å². The minimum atomic E-state index is -0.689. The first kappa shape index (κ1) is 15.3. The first-order valence-corrected chi connectivity index (χ1v) is 7.97. The molecular formula is C15H27N3O2. The average molecular weight is 281 g/mol. The Kier molecular flexibility index (Phi) is 5.40. The molecule has 0 aromatic heterocycles. The number of nitrogens with zero attached hydrogens (tertiary/aromatic N) is 1. The van der Waals surface area contributed by atoms with Crippen molar-refractivity contribution in [2.75, 3.05) is 19.6 Å². The number of nitrogens with one attached hydrogen (secondary N) is 1. The van der Waals surface area contributed by atoms with Crippen molar-refractivity contribution in [3.8, 4) is 0 Å². The van der Waals surface area contributed by atoms with Crippen LogP contribution in [0, 0.1) is 0 Å². The van der Waals surface area contributed by atoms with Crippen LogP contribution in [0.2, 0.25) is 0 Å². The van der Waals surface area contributed by atoms with E-state index in [1.807, 2.05) is 4.90 Å². The molecule has 20 heavy (non-hydrogen) atoms. The van der Waals surface area contributed by atoms with Crippen molar-refractivity contribution in [1.29, 1.82) is 0 Å². The predicted molar refractivity (Wildman–Crippen MR) is 78.1 cm³/mol. The van der Waals surface area contributed by atoms with Crippen LogP contribution in [-0.2, 0) is 9.59 Å². The Morgan fingerprint density at radius 1 is 1.00 bits per heavy atom. The molecule has 5 nitrogen and oxygen atoms in total. The number of nitrogens with two attached hydrogens (primary N) is 1. The van der Waals surface area contributed by atoms with E-state index in [1.54, 1.807) is 0 Å². The third-order valence-electron chi connectivity index (χ3n) is 4.53. The van der Waals surface area contributed by atoms with E-state index >= 15 is 0 Å². The predicted octanol–water partition coefficient (Wildman–Crippen LogP) is 1.17. The minimum absolute atomic E-state index is 0.0846. The molecule has 0 spiro atoms. The fraction of sp³-hybridized carbons (Fsp3) is 0.867. The maximum atomic E-state index is 12.1. The molecule has 2 aliphatic rings. The van der Waals surface area contributed by atoms with E-state index in [2.05, 4.69) is 5.32 Å². The van der Waals surface area contributed by atoms with Crippen molar-refractivity contribution in [2.24, 2.45) is 5.73 Å². The number of rotatable bonds is 4. The van der Waals surface area contributed by atoms with Crippen molar-refractivity contribution in [1.82, 2.24) is 10.2 Å². The standard InChI is InChI=1S/C15H27N3O2/c16-15(8-3-4-9-15)14(20)17-10-7-13(19)18-11-5-1-2-6-12-18/h1-12,16H2,(H,17,20). The monoisotopic (exact) mass is 281 g/mol. The molecule has 1 saturated heterocycles.